The van der Waals surface area contributed by atoms with Crippen LogP contribution in [-0.4, -0.2) is 26.6 Å². The first-order chi connectivity index (χ1) is 7.23. The number of imidazole rings is 1. The van der Waals surface area contributed by atoms with Crippen LogP contribution in [0.25, 0.3) is 0 Å². The number of hydrogen-bond acceptors (Lipinski definition) is 3. The maximum Gasteiger partial charge on any atom is 0.202 e. The van der Waals surface area contributed by atoms with Gasteiger partial charge in [-0.15, -0.1) is 0 Å². The van der Waals surface area contributed by atoms with E-state index in [2.05, 4.69) is 46.7 Å². The summed E-state index contributed by atoms with van der Waals surface area (Å²) in [4.78, 5) is 4.32. The fourth-order valence-corrected chi connectivity index (χ4v) is 3.38. The van der Waals surface area contributed by atoms with Crippen molar-refractivity contribution in [2.24, 2.45) is 0 Å². The van der Waals surface area contributed by atoms with E-state index in [1.54, 1.807) is 0 Å². The molecule has 1 saturated heterocycles. The predicted octanol–water partition coefficient (Wildman–Crippen LogP) is 2.60. The minimum absolute atomic E-state index is 0.408. The van der Waals surface area contributed by atoms with Crippen LogP contribution in [0.3, 0.4) is 0 Å². The van der Waals surface area contributed by atoms with Gasteiger partial charge in [0, 0.05) is 30.2 Å². The van der Waals surface area contributed by atoms with Gasteiger partial charge in [-0.2, -0.15) is 11.8 Å². The summed E-state index contributed by atoms with van der Waals surface area (Å²) in [6, 6.07) is 0. The Morgan fingerprint density at radius 3 is 3.20 bits per heavy atom. The lowest BCUT2D eigenvalue weighted by atomic mass is 10.1. The van der Waals surface area contributed by atoms with Crippen molar-refractivity contribution in [3.63, 3.8) is 0 Å². The van der Waals surface area contributed by atoms with Gasteiger partial charge in [0.2, 0.25) is 5.95 Å². The maximum absolute atomic E-state index is 4.32. The van der Waals surface area contributed by atoms with E-state index < -0.39 is 0 Å². The SMILES string of the molecule is CCNc1nccn1CC1(C)CCCS1. The van der Waals surface area contributed by atoms with Gasteiger partial charge in [0.05, 0.1) is 0 Å². The van der Waals surface area contributed by atoms with Crippen LogP contribution < -0.4 is 5.32 Å². The molecule has 0 saturated carbocycles. The summed E-state index contributed by atoms with van der Waals surface area (Å²) in [6.07, 6.45) is 6.62. The normalized spacial score (nSPS) is 25.7. The van der Waals surface area contributed by atoms with Crippen molar-refractivity contribution in [1.29, 1.82) is 0 Å². The zero-order chi connectivity index (χ0) is 10.7. The van der Waals surface area contributed by atoms with Crippen LogP contribution >= 0.6 is 11.8 Å². The minimum Gasteiger partial charge on any atom is -0.356 e. The number of thioether (sulfide) groups is 1. The highest BCUT2D eigenvalue weighted by Gasteiger charge is 2.30. The van der Waals surface area contributed by atoms with Crippen LogP contribution in [-0.2, 0) is 6.54 Å². The zero-order valence-corrected chi connectivity index (χ0v) is 10.3. The first-order valence-corrected chi connectivity index (χ1v) is 6.61. The Bertz CT molecular complexity index is 315. The van der Waals surface area contributed by atoms with E-state index in [9.17, 15) is 0 Å². The summed E-state index contributed by atoms with van der Waals surface area (Å²) in [5.41, 5.74) is 0. The molecular formula is C11H19N3S. The second-order valence-electron chi connectivity index (χ2n) is 4.31. The Morgan fingerprint density at radius 2 is 2.53 bits per heavy atom. The number of aromatic nitrogens is 2. The van der Waals surface area contributed by atoms with Gasteiger partial charge in [-0.05, 0) is 32.4 Å². The molecule has 2 rings (SSSR count). The highest BCUT2D eigenvalue weighted by Crippen LogP contribution is 2.39. The van der Waals surface area contributed by atoms with E-state index in [-0.39, 0.29) is 0 Å². The quantitative estimate of drug-likeness (QED) is 0.854. The summed E-state index contributed by atoms with van der Waals surface area (Å²) >= 11 is 2.09. The van der Waals surface area contributed by atoms with E-state index in [4.69, 9.17) is 0 Å². The third kappa shape index (κ3) is 2.48. The fraction of sp³-hybridized carbons (Fsp3) is 0.727. The van der Waals surface area contributed by atoms with Gasteiger partial charge < -0.3 is 9.88 Å². The summed E-state index contributed by atoms with van der Waals surface area (Å²) < 4.78 is 2.65. The van der Waals surface area contributed by atoms with Crippen LogP contribution in [0.1, 0.15) is 26.7 Å². The molecule has 4 heteroatoms. The first kappa shape index (κ1) is 10.9. The number of nitrogens with one attached hydrogen (secondary N) is 1. The van der Waals surface area contributed by atoms with Crippen LogP contribution in [0.5, 0.6) is 0 Å². The molecule has 1 aromatic rings. The van der Waals surface area contributed by atoms with E-state index >= 15 is 0 Å². The molecule has 0 aliphatic carbocycles. The zero-order valence-electron chi connectivity index (χ0n) is 9.49. The molecule has 3 nitrogen and oxygen atoms in total. The van der Waals surface area contributed by atoms with Crippen molar-refractivity contribution >= 4 is 17.7 Å². The van der Waals surface area contributed by atoms with Gasteiger partial charge in [0.25, 0.3) is 0 Å². The standard InChI is InChI=1S/C11H19N3S/c1-3-12-10-13-6-7-14(10)9-11(2)5-4-8-15-11/h6-7H,3-5,8-9H2,1-2H3,(H,12,13). The van der Waals surface area contributed by atoms with E-state index in [1.165, 1.54) is 18.6 Å². The molecule has 1 aliphatic rings. The van der Waals surface area contributed by atoms with Gasteiger partial charge >= 0.3 is 0 Å². The van der Waals surface area contributed by atoms with Gasteiger partial charge in [-0.25, -0.2) is 4.98 Å². The van der Waals surface area contributed by atoms with Crippen molar-refractivity contribution < 1.29 is 0 Å². The number of nitrogens with zero attached hydrogens (tertiary/aromatic N) is 2. The smallest absolute Gasteiger partial charge is 0.202 e. The number of anilines is 1. The Labute approximate surface area is 95.7 Å². The lowest BCUT2D eigenvalue weighted by molar-refractivity contribution is 0.513. The van der Waals surface area contributed by atoms with Gasteiger partial charge in [0.15, 0.2) is 0 Å². The Hall–Kier alpha value is -0.640. The van der Waals surface area contributed by atoms with Crippen LogP contribution in [0.15, 0.2) is 12.4 Å². The maximum atomic E-state index is 4.32. The molecule has 1 atom stereocenters. The van der Waals surface area contributed by atoms with Crippen molar-refractivity contribution in [1.82, 2.24) is 9.55 Å². The molecule has 1 N–H and O–H groups in total. The molecule has 0 spiro atoms. The average Bonchev–Trinajstić information content (AvgIpc) is 2.78. The average molecular weight is 225 g/mol. The number of hydrogen-bond donors (Lipinski definition) is 1. The molecule has 0 radical (unpaired) electrons. The molecule has 0 aromatic carbocycles. The summed E-state index contributed by atoms with van der Waals surface area (Å²) in [5, 5.41) is 3.29. The Morgan fingerprint density at radius 1 is 1.67 bits per heavy atom. The third-order valence-electron chi connectivity index (χ3n) is 2.86. The molecule has 2 heterocycles. The monoisotopic (exact) mass is 225 g/mol. The Kier molecular flexibility index (Phi) is 3.24. The molecule has 84 valence electrons. The largest absolute Gasteiger partial charge is 0.356 e. The van der Waals surface area contributed by atoms with Gasteiger partial charge in [-0.1, -0.05) is 0 Å². The van der Waals surface area contributed by atoms with Crippen molar-refractivity contribution in [2.45, 2.75) is 38.0 Å². The molecule has 15 heavy (non-hydrogen) atoms. The molecule has 1 aromatic heterocycles. The second kappa shape index (κ2) is 4.47. The predicted molar refractivity (Wildman–Crippen MR) is 66.5 cm³/mol. The lowest BCUT2D eigenvalue weighted by Gasteiger charge is -2.24. The third-order valence-corrected chi connectivity index (χ3v) is 4.38. The highest BCUT2D eigenvalue weighted by atomic mass is 32.2. The van der Waals surface area contributed by atoms with Crippen molar-refractivity contribution in [2.75, 3.05) is 17.6 Å². The van der Waals surface area contributed by atoms with Crippen molar-refractivity contribution in [3.8, 4) is 0 Å². The lowest BCUT2D eigenvalue weighted by Crippen LogP contribution is -2.24. The van der Waals surface area contributed by atoms with E-state index in [1.807, 2.05) is 6.20 Å². The molecular weight excluding hydrogens is 206 g/mol. The van der Waals surface area contributed by atoms with Gasteiger partial charge in [0.1, 0.15) is 0 Å². The molecule has 1 aliphatic heterocycles. The molecule has 0 amide bonds. The minimum atomic E-state index is 0.408. The highest BCUT2D eigenvalue weighted by molar-refractivity contribution is 8.00. The van der Waals surface area contributed by atoms with Crippen LogP contribution in [0.4, 0.5) is 5.95 Å². The molecule has 1 fully saturated rings. The fourth-order valence-electron chi connectivity index (χ4n) is 2.08. The van der Waals surface area contributed by atoms with E-state index in [0.29, 0.717) is 4.75 Å². The summed E-state index contributed by atoms with van der Waals surface area (Å²) in [5.74, 6) is 2.31. The topological polar surface area (TPSA) is 29.9 Å². The van der Waals surface area contributed by atoms with Crippen LogP contribution in [0, 0.1) is 0 Å². The van der Waals surface area contributed by atoms with Crippen LogP contribution in [0.2, 0.25) is 0 Å². The first-order valence-electron chi connectivity index (χ1n) is 5.62. The van der Waals surface area contributed by atoms with E-state index in [0.717, 1.165) is 19.0 Å². The van der Waals surface area contributed by atoms with Gasteiger partial charge in [-0.3, -0.25) is 0 Å². The molecule has 0 bridgehead atoms. The second-order valence-corrected chi connectivity index (χ2v) is 5.99. The number of rotatable bonds is 4. The Balaban J connectivity index is 2.06. The summed E-state index contributed by atoms with van der Waals surface area (Å²) in [6.45, 7) is 6.46. The van der Waals surface area contributed by atoms with Crippen molar-refractivity contribution in [3.05, 3.63) is 12.4 Å². The summed E-state index contributed by atoms with van der Waals surface area (Å²) in [7, 11) is 0. The molecule has 1 unspecified atom stereocenters.